The van der Waals surface area contributed by atoms with Gasteiger partial charge in [-0.05, 0) is 6.42 Å². The molecule has 0 bridgehead atoms. The van der Waals surface area contributed by atoms with Gasteiger partial charge in [0.05, 0.1) is 0 Å². The number of hydrogen-bond acceptors (Lipinski definition) is 4. The van der Waals surface area contributed by atoms with Crippen molar-refractivity contribution in [3.8, 4) is 0 Å². The minimum atomic E-state index is -0.681. The Morgan fingerprint density at radius 2 is 2.19 bits per heavy atom. The zero-order valence-corrected chi connectivity index (χ0v) is 8.53. The predicted octanol–water partition coefficient (Wildman–Crippen LogP) is -1.76. The molecule has 0 radical (unpaired) electrons. The fourth-order valence-electron chi connectivity index (χ4n) is 1.73. The minimum absolute atomic E-state index is 0.00264. The lowest BCUT2D eigenvalue weighted by molar-refractivity contribution is 0.0784. The lowest BCUT2D eigenvalue weighted by Crippen LogP contribution is -2.35. The summed E-state index contributed by atoms with van der Waals surface area (Å²) < 4.78 is 0. The molecule has 1 aliphatic heterocycles. The van der Waals surface area contributed by atoms with Crippen molar-refractivity contribution in [2.24, 2.45) is 5.73 Å². The molecule has 86 valence electrons. The molecule has 2 rings (SSSR count). The number of aromatic amines is 2. The van der Waals surface area contributed by atoms with E-state index < -0.39 is 11.2 Å². The molecule has 1 fully saturated rings. The molecule has 1 saturated heterocycles. The maximum atomic E-state index is 11.8. The monoisotopic (exact) mass is 224 g/mol. The van der Waals surface area contributed by atoms with Crippen LogP contribution in [0.2, 0.25) is 0 Å². The van der Waals surface area contributed by atoms with Gasteiger partial charge in [0.1, 0.15) is 5.69 Å². The fraction of sp³-hybridized carbons (Fsp3) is 0.444. The first kappa shape index (κ1) is 10.6. The largest absolute Gasteiger partial charge is 0.336 e. The molecular formula is C9H12N4O3. The summed E-state index contributed by atoms with van der Waals surface area (Å²) in [6.07, 6.45) is 0.735. The number of hydrogen-bond donors (Lipinski definition) is 3. The molecular weight excluding hydrogens is 212 g/mol. The third-order valence-corrected chi connectivity index (χ3v) is 2.50. The molecule has 16 heavy (non-hydrogen) atoms. The molecule has 0 aromatic carbocycles. The molecule has 7 heteroatoms. The normalized spacial score (nSPS) is 20.1. The Hall–Kier alpha value is -1.89. The molecule has 1 amide bonds. The van der Waals surface area contributed by atoms with E-state index >= 15 is 0 Å². The number of H-pyrrole nitrogens is 2. The Labute approximate surface area is 90.3 Å². The Kier molecular flexibility index (Phi) is 2.61. The summed E-state index contributed by atoms with van der Waals surface area (Å²) in [5.74, 6) is -0.365. The van der Waals surface area contributed by atoms with Crippen LogP contribution in [0.1, 0.15) is 16.9 Å². The SMILES string of the molecule is N[C@H]1CCN(C(=O)c2cc(=O)[nH]c(=O)[nH]2)C1. The second kappa shape index (κ2) is 3.93. The van der Waals surface area contributed by atoms with Crippen LogP contribution in [0.15, 0.2) is 15.7 Å². The number of nitrogens with two attached hydrogens (primary N) is 1. The van der Waals surface area contributed by atoms with Crippen LogP contribution in [0.5, 0.6) is 0 Å². The van der Waals surface area contributed by atoms with Crippen molar-refractivity contribution in [2.75, 3.05) is 13.1 Å². The zero-order chi connectivity index (χ0) is 11.7. The number of nitrogens with zero attached hydrogens (tertiary/aromatic N) is 1. The third-order valence-electron chi connectivity index (χ3n) is 2.50. The molecule has 7 nitrogen and oxygen atoms in total. The van der Waals surface area contributed by atoms with E-state index in [0.717, 1.165) is 12.5 Å². The van der Waals surface area contributed by atoms with Gasteiger partial charge in [-0.1, -0.05) is 0 Å². The molecule has 1 atom stereocenters. The first-order valence-corrected chi connectivity index (χ1v) is 4.95. The van der Waals surface area contributed by atoms with Gasteiger partial charge in [-0.15, -0.1) is 0 Å². The van der Waals surface area contributed by atoms with Crippen molar-refractivity contribution >= 4 is 5.91 Å². The summed E-state index contributed by atoms with van der Waals surface area (Å²) in [6.45, 7) is 1.00. The van der Waals surface area contributed by atoms with Crippen LogP contribution in [0.25, 0.3) is 0 Å². The standard InChI is InChI=1S/C9H12N4O3/c10-5-1-2-13(4-5)8(15)6-3-7(14)12-9(16)11-6/h3,5H,1-2,4,10H2,(H2,11,12,14,16)/t5-/m0/s1. The summed E-state index contributed by atoms with van der Waals surface area (Å²) in [7, 11) is 0. The number of amides is 1. The first-order chi connectivity index (χ1) is 7.56. The number of rotatable bonds is 1. The highest BCUT2D eigenvalue weighted by Gasteiger charge is 2.25. The average molecular weight is 224 g/mol. The maximum Gasteiger partial charge on any atom is 0.326 e. The average Bonchev–Trinajstić information content (AvgIpc) is 2.62. The molecule has 0 aliphatic carbocycles. The number of aromatic nitrogens is 2. The van der Waals surface area contributed by atoms with Crippen LogP contribution in [0.3, 0.4) is 0 Å². The van der Waals surface area contributed by atoms with Crippen LogP contribution in [-0.2, 0) is 0 Å². The van der Waals surface area contributed by atoms with E-state index in [-0.39, 0.29) is 17.6 Å². The molecule has 4 N–H and O–H groups in total. The first-order valence-electron chi connectivity index (χ1n) is 4.95. The highest BCUT2D eigenvalue weighted by molar-refractivity contribution is 5.92. The molecule has 0 spiro atoms. The summed E-state index contributed by atoms with van der Waals surface area (Å²) in [5, 5.41) is 0. The second-order valence-corrected chi connectivity index (χ2v) is 3.80. The lowest BCUT2D eigenvalue weighted by atomic mass is 10.3. The lowest BCUT2D eigenvalue weighted by Gasteiger charge is -2.14. The minimum Gasteiger partial charge on any atom is -0.336 e. The van der Waals surface area contributed by atoms with E-state index in [4.69, 9.17) is 5.73 Å². The Bertz CT molecular complexity index is 490. The molecule has 0 unspecified atom stereocenters. The summed E-state index contributed by atoms with van der Waals surface area (Å²) >= 11 is 0. The van der Waals surface area contributed by atoms with E-state index in [1.807, 2.05) is 4.98 Å². The smallest absolute Gasteiger partial charge is 0.326 e. The van der Waals surface area contributed by atoms with Crippen LogP contribution in [0, 0.1) is 0 Å². The van der Waals surface area contributed by atoms with Gasteiger partial charge in [-0.25, -0.2) is 4.79 Å². The van der Waals surface area contributed by atoms with Crippen LogP contribution < -0.4 is 17.0 Å². The van der Waals surface area contributed by atoms with E-state index in [1.165, 1.54) is 4.90 Å². The highest BCUT2D eigenvalue weighted by atomic mass is 16.2. The quantitative estimate of drug-likeness (QED) is 0.524. The van der Waals surface area contributed by atoms with Gasteiger partial charge in [0.2, 0.25) is 0 Å². The fourth-order valence-corrected chi connectivity index (χ4v) is 1.73. The molecule has 1 aliphatic rings. The van der Waals surface area contributed by atoms with E-state index in [1.54, 1.807) is 0 Å². The van der Waals surface area contributed by atoms with Crippen molar-refractivity contribution in [3.05, 3.63) is 32.6 Å². The van der Waals surface area contributed by atoms with E-state index in [9.17, 15) is 14.4 Å². The van der Waals surface area contributed by atoms with Crippen LogP contribution >= 0.6 is 0 Å². The number of nitrogens with one attached hydrogen (secondary N) is 2. The number of carbonyl (C=O) groups is 1. The van der Waals surface area contributed by atoms with Gasteiger partial charge in [0, 0.05) is 25.2 Å². The van der Waals surface area contributed by atoms with Gasteiger partial charge in [0.15, 0.2) is 0 Å². The number of carbonyl (C=O) groups excluding carboxylic acids is 1. The van der Waals surface area contributed by atoms with Crippen LogP contribution in [0.4, 0.5) is 0 Å². The summed E-state index contributed by atoms with van der Waals surface area (Å²) in [5.41, 5.74) is 4.40. The summed E-state index contributed by atoms with van der Waals surface area (Å²) in [6, 6.07) is 1.05. The van der Waals surface area contributed by atoms with Gasteiger partial charge >= 0.3 is 5.69 Å². The number of likely N-dealkylation sites (tertiary alicyclic amines) is 1. The van der Waals surface area contributed by atoms with Crippen molar-refractivity contribution in [1.82, 2.24) is 14.9 Å². The highest BCUT2D eigenvalue weighted by Crippen LogP contribution is 2.09. The van der Waals surface area contributed by atoms with Crippen molar-refractivity contribution in [2.45, 2.75) is 12.5 Å². The Morgan fingerprint density at radius 3 is 2.75 bits per heavy atom. The Balaban J connectivity index is 2.27. The zero-order valence-electron chi connectivity index (χ0n) is 8.53. The van der Waals surface area contributed by atoms with Gasteiger partial charge in [-0.3, -0.25) is 14.6 Å². The maximum absolute atomic E-state index is 11.8. The topological polar surface area (TPSA) is 112 Å². The van der Waals surface area contributed by atoms with E-state index in [2.05, 4.69) is 4.98 Å². The third kappa shape index (κ3) is 2.03. The van der Waals surface area contributed by atoms with Crippen molar-refractivity contribution < 1.29 is 4.79 Å². The van der Waals surface area contributed by atoms with Crippen molar-refractivity contribution in [3.63, 3.8) is 0 Å². The molecule has 1 aromatic rings. The van der Waals surface area contributed by atoms with Gasteiger partial charge in [0.25, 0.3) is 11.5 Å². The van der Waals surface area contributed by atoms with E-state index in [0.29, 0.717) is 13.1 Å². The van der Waals surface area contributed by atoms with Gasteiger partial charge < -0.3 is 15.6 Å². The molecule has 0 saturated carbocycles. The molecule has 1 aromatic heterocycles. The predicted molar refractivity (Wildman–Crippen MR) is 56.2 cm³/mol. The van der Waals surface area contributed by atoms with Crippen molar-refractivity contribution in [1.29, 1.82) is 0 Å². The van der Waals surface area contributed by atoms with Crippen LogP contribution in [-0.4, -0.2) is 39.9 Å². The van der Waals surface area contributed by atoms with Gasteiger partial charge in [-0.2, -0.15) is 0 Å². The second-order valence-electron chi connectivity index (χ2n) is 3.80. The molecule has 2 heterocycles. The Morgan fingerprint density at radius 1 is 1.44 bits per heavy atom. The summed E-state index contributed by atoms with van der Waals surface area (Å²) in [4.78, 5) is 39.7.